The second kappa shape index (κ2) is 9.39. The lowest BCUT2D eigenvalue weighted by Crippen LogP contribution is -2.48. The first-order valence-electron chi connectivity index (χ1n) is 8.73. The Labute approximate surface area is 157 Å². The maximum absolute atomic E-state index is 12.7. The Morgan fingerprint density at radius 3 is 2.54 bits per heavy atom. The average molecular weight is 443 g/mol. The predicted octanol–water partition coefficient (Wildman–Crippen LogP) is 4.12. The molecule has 24 heavy (non-hydrogen) atoms. The lowest BCUT2D eigenvalue weighted by molar-refractivity contribution is -0.153. The van der Waals surface area contributed by atoms with Gasteiger partial charge in [-0.05, 0) is 37.3 Å². The molecule has 4 nitrogen and oxygen atoms in total. The Balaban J connectivity index is 2.04. The number of benzene rings is 1. The molecule has 1 N–H and O–H groups in total. The van der Waals surface area contributed by atoms with E-state index in [1.807, 2.05) is 32.0 Å². The summed E-state index contributed by atoms with van der Waals surface area (Å²) in [7, 11) is 0. The second-order valence-corrected chi connectivity index (χ2v) is 8.08. The summed E-state index contributed by atoms with van der Waals surface area (Å²) in [6.07, 6.45) is 5.06. The molecule has 1 aromatic carbocycles. The summed E-state index contributed by atoms with van der Waals surface area (Å²) in [5, 5.41) is 2.87. The van der Waals surface area contributed by atoms with Gasteiger partial charge in [-0.1, -0.05) is 67.5 Å². The molecular weight excluding hydrogens is 417 g/mol. The highest BCUT2D eigenvalue weighted by Crippen LogP contribution is 2.28. The molecule has 1 fully saturated rings. The van der Waals surface area contributed by atoms with Gasteiger partial charge in [0.15, 0.2) is 0 Å². The standard InChI is InChI=1S/C19H26INO3/c1-3-13(2)17(21-18(22)14-9-5-4-6-10-14)19(23)24-16-12-8-7-11-15(16)20/h4-6,9-10,13,15-17H,3,7-8,11-12H2,1-2H3,(H,21,22)/t13-,15+,16+,17-/m0/s1. The third-order valence-electron chi connectivity index (χ3n) is 4.68. The number of esters is 1. The van der Waals surface area contributed by atoms with E-state index in [0.717, 1.165) is 25.7 Å². The van der Waals surface area contributed by atoms with Crippen LogP contribution >= 0.6 is 22.6 Å². The maximum atomic E-state index is 12.7. The van der Waals surface area contributed by atoms with E-state index in [0.29, 0.717) is 9.49 Å². The minimum Gasteiger partial charge on any atom is -0.460 e. The number of carbonyl (C=O) groups excluding carboxylic acids is 2. The molecule has 0 aliphatic heterocycles. The number of amides is 1. The molecule has 0 bridgehead atoms. The highest BCUT2D eigenvalue weighted by atomic mass is 127. The van der Waals surface area contributed by atoms with Gasteiger partial charge in [-0.15, -0.1) is 0 Å². The number of halogens is 1. The van der Waals surface area contributed by atoms with E-state index >= 15 is 0 Å². The van der Waals surface area contributed by atoms with Crippen molar-refractivity contribution in [3.63, 3.8) is 0 Å². The molecule has 132 valence electrons. The monoisotopic (exact) mass is 443 g/mol. The van der Waals surface area contributed by atoms with Gasteiger partial charge < -0.3 is 10.1 Å². The summed E-state index contributed by atoms with van der Waals surface area (Å²) >= 11 is 2.37. The van der Waals surface area contributed by atoms with Gasteiger partial charge in [0.2, 0.25) is 0 Å². The maximum Gasteiger partial charge on any atom is 0.329 e. The van der Waals surface area contributed by atoms with E-state index in [4.69, 9.17) is 4.74 Å². The Hall–Kier alpha value is -1.11. The molecule has 0 unspecified atom stereocenters. The Kier molecular flexibility index (Phi) is 7.52. The first kappa shape index (κ1) is 19.2. The first-order chi connectivity index (χ1) is 11.5. The van der Waals surface area contributed by atoms with Gasteiger partial charge in [0.25, 0.3) is 5.91 Å². The van der Waals surface area contributed by atoms with Crippen LogP contribution in [0.2, 0.25) is 0 Å². The van der Waals surface area contributed by atoms with Gasteiger partial charge in [-0.25, -0.2) is 4.79 Å². The fourth-order valence-corrected chi connectivity index (χ4v) is 3.84. The highest BCUT2D eigenvalue weighted by molar-refractivity contribution is 14.1. The summed E-state index contributed by atoms with van der Waals surface area (Å²) in [4.78, 5) is 25.1. The van der Waals surface area contributed by atoms with Crippen molar-refractivity contribution in [3.8, 4) is 0 Å². The van der Waals surface area contributed by atoms with Crippen LogP contribution in [0.3, 0.4) is 0 Å². The Morgan fingerprint density at radius 2 is 1.92 bits per heavy atom. The number of rotatable bonds is 6. The van der Waals surface area contributed by atoms with Gasteiger partial charge >= 0.3 is 5.97 Å². The third-order valence-corrected chi connectivity index (χ3v) is 6.10. The van der Waals surface area contributed by atoms with Crippen molar-refractivity contribution in [1.82, 2.24) is 5.32 Å². The van der Waals surface area contributed by atoms with E-state index in [9.17, 15) is 9.59 Å². The van der Waals surface area contributed by atoms with Crippen LogP contribution in [-0.4, -0.2) is 27.9 Å². The van der Waals surface area contributed by atoms with Gasteiger partial charge in [0.05, 0.1) is 0 Å². The van der Waals surface area contributed by atoms with Crippen LogP contribution in [0.4, 0.5) is 0 Å². The molecule has 1 aromatic rings. The van der Waals surface area contributed by atoms with Crippen LogP contribution in [0.25, 0.3) is 0 Å². The molecule has 0 spiro atoms. The second-order valence-electron chi connectivity index (χ2n) is 6.48. The van der Waals surface area contributed by atoms with Gasteiger partial charge in [0.1, 0.15) is 12.1 Å². The van der Waals surface area contributed by atoms with Crippen molar-refractivity contribution < 1.29 is 14.3 Å². The molecule has 1 aliphatic rings. The van der Waals surface area contributed by atoms with Crippen molar-refractivity contribution in [2.24, 2.45) is 5.92 Å². The number of nitrogens with one attached hydrogen (secondary N) is 1. The SMILES string of the molecule is CC[C@H](C)[C@H](NC(=O)c1ccccc1)C(=O)O[C@@H]1CCCC[C@H]1I. The van der Waals surface area contributed by atoms with E-state index in [1.165, 1.54) is 6.42 Å². The van der Waals surface area contributed by atoms with E-state index in [1.54, 1.807) is 12.1 Å². The molecule has 0 radical (unpaired) electrons. The number of alkyl halides is 1. The van der Waals surface area contributed by atoms with Gasteiger partial charge in [-0.2, -0.15) is 0 Å². The van der Waals surface area contributed by atoms with Crippen molar-refractivity contribution >= 4 is 34.5 Å². The lowest BCUT2D eigenvalue weighted by atomic mass is 9.96. The molecular formula is C19H26INO3. The van der Waals surface area contributed by atoms with Crippen molar-refractivity contribution in [1.29, 1.82) is 0 Å². The van der Waals surface area contributed by atoms with Crippen LogP contribution in [-0.2, 0) is 9.53 Å². The molecule has 4 atom stereocenters. The molecule has 1 aliphatic carbocycles. The van der Waals surface area contributed by atoms with Crippen LogP contribution in [0.15, 0.2) is 30.3 Å². The van der Waals surface area contributed by atoms with Crippen LogP contribution < -0.4 is 5.32 Å². The van der Waals surface area contributed by atoms with Crippen LogP contribution in [0.1, 0.15) is 56.3 Å². The number of carbonyl (C=O) groups is 2. The molecule has 0 saturated heterocycles. The van der Waals surface area contributed by atoms with Crippen LogP contribution in [0.5, 0.6) is 0 Å². The molecule has 1 amide bonds. The third kappa shape index (κ3) is 5.19. The van der Waals surface area contributed by atoms with Crippen molar-refractivity contribution in [3.05, 3.63) is 35.9 Å². The zero-order valence-corrected chi connectivity index (χ0v) is 16.5. The largest absolute Gasteiger partial charge is 0.460 e. The van der Waals surface area contributed by atoms with E-state index in [2.05, 4.69) is 27.9 Å². The average Bonchev–Trinajstić information content (AvgIpc) is 2.61. The number of hydrogen-bond donors (Lipinski definition) is 1. The fourth-order valence-electron chi connectivity index (χ4n) is 2.89. The molecule has 5 heteroatoms. The summed E-state index contributed by atoms with van der Waals surface area (Å²) in [6, 6.07) is 8.38. The molecule has 1 saturated carbocycles. The minimum atomic E-state index is -0.603. The quantitative estimate of drug-likeness (QED) is 0.409. The van der Waals surface area contributed by atoms with Gasteiger partial charge in [0, 0.05) is 9.49 Å². The van der Waals surface area contributed by atoms with E-state index < -0.39 is 6.04 Å². The smallest absolute Gasteiger partial charge is 0.329 e. The first-order valence-corrected chi connectivity index (χ1v) is 9.98. The van der Waals surface area contributed by atoms with Crippen LogP contribution in [0, 0.1) is 5.92 Å². The van der Waals surface area contributed by atoms with E-state index in [-0.39, 0.29) is 23.9 Å². The number of ether oxygens (including phenoxy) is 1. The van der Waals surface area contributed by atoms with Crippen molar-refractivity contribution in [2.75, 3.05) is 0 Å². The zero-order valence-electron chi connectivity index (χ0n) is 14.3. The minimum absolute atomic E-state index is 0.0291. The Bertz CT molecular complexity index is 549. The van der Waals surface area contributed by atoms with Gasteiger partial charge in [-0.3, -0.25) is 4.79 Å². The Morgan fingerprint density at radius 1 is 1.25 bits per heavy atom. The zero-order chi connectivity index (χ0) is 17.5. The molecule has 2 rings (SSSR count). The summed E-state index contributed by atoms with van der Waals surface area (Å²) < 4.78 is 6.13. The summed E-state index contributed by atoms with van der Waals surface area (Å²) in [5.41, 5.74) is 0.558. The molecule has 0 aromatic heterocycles. The lowest BCUT2D eigenvalue weighted by Gasteiger charge is -2.30. The fraction of sp³-hybridized carbons (Fsp3) is 0.579. The predicted molar refractivity (Wildman–Crippen MR) is 103 cm³/mol. The molecule has 0 heterocycles. The summed E-state index contributed by atoms with van der Waals surface area (Å²) in [6.45, 7) is 3.99. The van der Waals surface area contributed by atoms with Crippen molar-refractivity contribution in [2.45, 2.75) is 62.0 Å². The normalized spacial score (nSPS) is 23.1. The number of hydrogen-bond acceptors (Lipinski definition) is 3. The summed E-state index contributed by atoms with van der Waals surface area (Å²) in [5.74, 6) is -0.504. The highest BCUT2D eigenvalue weighted by Gasteiger charge is 2.32. The topological polar surface area (TPSA) is 55.4 Å².